The van der Waals surface area contributed by atoms with Crippen LogP contribution in [-0.2, 0) is 0 Å². The quantitative estimate of drug-likeness (QED) is 0.686. The maximum absolute atomic E-state index is 10.1. The van der Waals surface area contributed by atoms with Crippen molar-refractivity contribution in [2.45, 2.75) is 91.1 Å². The van der Waals surface area contributed by atoms with Crippen LogP contribution in [-0.4, -0.2) is 11.2 Å². The highest BCUT2D eigenvalue weighted by Crippen LogP contribution is 2.67. The molecule has 4 fully saturated rings. The molecule has 4 aliphatic carbocycles. The van der Waals surface area contributed by atoms with E-state index >= 15 is 0 Å². The normalized spacial score (nSPS) is 57.8. The van der Waals surface area contributed by atoms with Crippen molar-refractivity contribution >= 4 is 0 Å². The summed E-state index contributed by atoms with van der Waals surface area (Å²) in [6.45, 7) is 7.68. The molecule has 0 bridgehead atoms. The molecule has 8 atom stereocenters. The molecule has 126 valence electrons. The van der Waals surface area contributed by atoms with Crippen LogP contribution in [0.3, 0.4) is 0 Å². The minimum absolute atomic E-state index is 0.000524. The van der Waals surface area contributed by atoms with Crippen LogP contribution in [0.25, 0.3) is 0 Å². The van der Waals surface area contributed by atoms with Crippen LogP contribution >= 0.6 is 0 Å². The first kappa shape index (κ1) is 15.5. The van der Waals surface area contributed by atoms with Crippen LogP contribution in [0, 0.1) is 40.4 Å². The smallest absolute Gasteiger partial charge is 0.0543 e. The second-order valence-electron chi connectivity index (χ2n) is 9.81. The molecule has 0 saturated heterocycles. The van der Waals surface area contributed by atoms with Crippen LogP contribution in [0.5, 0.6) is 0 Å². The standard InChI is InChI=1S/C21H36O/c1-4-14-6-8-18-17-7-5-15-13-16(22)9-11-21(15,3)19(17)10-12-20(14,18)2/h14-19,22H,4-13H2,1-3H3/t14-,15+,16-,17-,18-,19-,20+,21+/m1/s1. The van der Waals surface area contributed by atoms with Crippen molar-refractivity contribution in [3.05, 3.63) is 0 Å². The molecule has 0 aromatic carbocycles. The molecule has 0 radical (unpaired) electrons. The van der Waals surface area contributed by atoms with Crippen molar-refractivity contribution in [2.75, 3.05) is 0 Å². The first-order valence-electron chi connectivity index (χ1n) is 10.2. The molecule has 22 heavy (non-hydrogen) atoms. The second kappa shape index (κ2) is 5.23. The molecule has 0 spiro atoms. The van der Waals surface area contributed by atoms with Gasteiger partial charge in [-0.15, -0.1) is 0 Å². The van der Waals surface area contributed by atoms with Gasteiger partial charge in [-0.2, -0.15) is 0 Å². The van der Waals surface area contributed by atoms with E-state index in [2.05, 4.69) is 20.8 Å². The first-order chi connectivity index (χ1) is 10.5. The van der Waals surface area contributed by atoms with E-state index in [4.69, 9.17) is 0 Å². The largest absolute Gasteiger partial charge is 0.393 e. The average Bonchev–Trinajstić information content (AvgIpc) is 2.84. The molecule has 1 nitrogen and oxygen atoms in total. The highest BCUT2D eigenvalue weighted by atomic mass is 16.3. The zero-order chi connectivity index (χ0) is 15.5. The molecule has 0 unspecified atom stereocenters. The fourth-order valence-electron chi connectivity index (χ4n) is 8.01. The van der Waals surface area contributed by atoms with Crippen molar-refractivity contribution in [2.24, 2.45) is 40.4 Å². The van der Waals surface area contributed by atoms with E-state index in [9.17, 15) is 5.11 Å². The molecule has 1 heteroatoms. The molecule has 4 saturated carbocycles. The van der Waals surface area contributed by atoms with Gasteiger partial charge in [0.15, 0.2) is 0 Å². The van der Waals surface area contributed by atoms with Gasteiger partial charge in [-0.3, -0.25) is 0 Å². The zero-order valence-corrected chi connectivity index (χ0v) is 15.0. The number of fused-ring (bicyclic) bond motifs is 5. The SMILES string of the molecule is CC[C@@H]1CC[C@@H]2[C@H]3CC[C@H]4C[C@H](O)CC[C@]4(C)[C@@H]3CC[C@@]12C. The Bertz CT molecular complexity index is 432. The summed E-state index contributed by atoms with van der Waals surface area (Å²) in [5, 5.41) is 10.1. The highest BCUT2D eigenvalue weighted by Gasteiger charge is 2.59. The van der Waals surface area contributed by atoms with Gasteiger partial charge in [0.1, 0.15) is 0 Å². The van der Waals surface area contributed by atoms with E-state index in [1.165, 1.54) is 51.4 Å². The number of hydrogen-bond donors (Lipinski definition) is 1. The van der Waals surface area contributed by atoms with E-state index in [1.807, 2.05) is 0 Å². The maximum Gasteiger partial charge on any atom is 0.0543 e. The molecule has 0 amide bonds. The van der Waals surface area contributed by atoms with Gasteiger partial charge in [0, 0.05) is 0 Å². The molecular formula is C21H36O. The topological polar surface area (TPSA) is 20.2 Å². The summed E-state index contributed by atoms with van der Waals surface area (Å²) in [7, 11) is 0. The Morgan fingerprint density at radius 1 is 0.864 bits per heavy atom. The summed E-state index contributed by atoms with van der Waals surface area (Å²) >= 11 is 0. The number of aliphatic hydroxyl groups is 1. The van der Waals surface area contributed by atoms with Gasteiger partial charge in [0.25, 0.3) is 0 Å². The van der Waals surface area contributed by atoms with E-state index in [0.717, 1.165) is 42.4 Å². The van der Waals surface area contributed by atoms with Crippen LogP contribution in [0.4, 0.5) is 0 Å². The lowest BCUT2D eigenvalue weighted by atomic mass is 9.44. The summed E-state index contributed by atoms with van der Waals surface area (Å²) in [4.78, 5) is 0. The molecular weight excluding hydrogens is 268 g/mol. The van der Waals surface area contributed by atoms with Crippen molar-refractivity contribution in [3.63, 3.8) is 0 Å². The third-order valence-corrected chi connectivity index (χ3v) is 9.33. The van der Waals surface area contributed by atoms with Gasteiger partial charge < -0.3 is 5.11 Å². The Balaban J connectivity index is 1.61. The number of hydrogen-bond acceptors (Lipinski definition) is 1. The molecule has 1 N–H and O–H groups in total. The van der Waals surface area contributed by atoms with Gasteiger partial charge in [0.05, 0.1) is 6.10 Å². The average molecular weight is 305 g/mol. The van der Waals surface area contributed by atoms with Crippen molar-refractivity contribution < 1.29 is 5.11 Å². The van der Waals surface area contributed by atoms with E-state index in [0.29, 0.717) is 10.8 Å². The molecule has 0 aromatic heterocycles. The van der Waals surface area contributed by atoms with Crippen LogP contribution in [0.15, 0.2) is 0 Å². The Labute approximate surface area is 137 Å². The predicted octanol–water partition coefficient (Wildman–Crippen LogP) is 5.42. The van der Waals surface area contributed by atoms with E-state index in [1.54, 1.807) is 0 Å². The molecule has 0 aliphatic heterocycles. The fourth-order valence-corrected chi connectivity index (χ4v) is 8.01. The predicted molar refractivity (Wildman–Crippen MR) is 91.5 cm³/mol. The molecule has 4 aliphatic rings. The highest BCUT2D eigenvalue weighted by molar-refractivity contribution is 5.08. The maximum atomic E-state index is 10.1. The summed E-state index contributed by atoms with van der Waals surface area (Å²) in [5.74, 6) is 4.79. The van der Waals surface area contributed by atoms with Gasteiger partial charge in [-0.25, -0.2) is 0 Å². The first-order valence-corrected chi connectivity index (χ1v) is 10.2. The minimum atomic E-state index is -0.000524. The third kappa shape index (κ3) is 2.00. The lowest BCUT2D eigenvalue weighted by molar-refractivity contribution is -0.126. The van der Waals surface area contributed by atoms with Crippen LogP contribution in [0.2, 0.25) is 0 Å². The molecule has 0 aromatic rings. The summed E-state index contributed by atoms with van der Waals surface area (Å²) in [6, 6.07) is 0. The lowest BCUT2D eigenvalue weighted by Gasteiger charge is -2.61. The minimum Gasteiger partial charge on any atom is -0.393 e. The summed E-state index contributed by atoms with van der Waals surface area (Å²) in [6.07, 6.45) is 13.7. The van der Waals surface area contributed by atoms with Gasteiger partial charge >= 0.3 is 0 Å². The van der Waals surface area contributed by atoms with Gasteiger partial charge in [-0.1, -0.05) is 27.2 Å². The zero-order valence-electron chi connectivity index (χ0n) is 15.0. The summed E-state index contributed by atoms with van der Waals surface area (Å²) < 4.78 is 0. The Morgan fingerprint density at radius 2 is 1.59 bits per heavy atom. The Kier molecular flexibility index (Phi) is 3.68. The van der Waals surface area contributed by atoms with E-state index < -0.39 is 0 Å². The van der Waals surface area contributed by atoms with Crippen molar-refractivity contribution in [3.8, 4) is 0 Å². The molecule has 0 heterocycles. The van der Waals surface area contributed by atoms with E-state index in [-0.39, 0.29) is 6.10 Å². The second-order valence-corrected chi connectivity index (χ2v) is 9.81. The fraction of sp³-hybridized carbons (Fsp3) is 1.00. The lowest BCUT2D eigenvalue weighted by Crippen LogP contribution is -2.53. The monoisotopic (exact) mass is 304 g/mol. The molecule has 4 rings (SSSR count). The van der Waals surface area contributed by atoms with Crippen molar-refractivity contribution in [1.82, 2.24) is 0 Å². The van der Waals surface area contributed by atoms with Gasteiger partial charge in [-0.05, 0) is 98.2 Å². The third-order valence-electron chi connectivity index (χ3n) is 9.33. The Hall–Kier alpha value is -0.0400. The number of rotatable bonds is 1. The summed E-state index contributed by atoms with van der Waals surface area (Å²) in [5.41, 5.74) is 1.21. The van der Waals surface area contributed by atoms with Crippen LogP contribution in [0.1, 0.15) is 85.0 Å². The van der Waals surface area contributed by atoms with Gasteiger partial charge in [0.2, 0.25) is 0 Å². The van der Waals surface area contributed by atoms with Crippen molar-refractivity contribution in [1.29, 1.82) is 0 Å². The Morgan fingerprint density at radius 3 is 2.36 bits per heavy atom. The number of aliphatic hydroxyl groups excluding tert-OH is 1. The van der Waals surface area contributed by atoms with Crippen LogP contribution < -0.4 is 0 Å².